The largest absolute Gasteiger partial charge is 0.496 e. The number of carbonyl (C=O) groups excluding carboxylic acids is 2. The first-order valence-corrected chi connectivity index (χ1v) is 15.7. The van der Waals surface area contributed by atoms with Crippen molar-refractivity contribution in [1.82, 2.24) is 9.47 Å². The van der Waals surface area contributed by atoms with Crippen LogP contribution >= 0.6 is 27.3 Å². The van der Waals surface area contributed by atoms with E-state index in [1.165, 1.54) is 12.0 Å². The van der Waals surface area contributed by atoms with Crippen LogP contribution in [0.5, 0.6) is 5.75 Å². The Morgan fingerprint density at radius 3 is 2.43 bits per heavy atom. The van der Waals surface area contributed by atoms with Crippen LogP contribution in [0, 0.1) is 6.92 Å². The van der Waals surface area contributed by atoms with Gasteiger partial charge in [-0.25, -0.2) is 9.59 Å². The lowest BCUT2D eigenvalue weighted by molar-refractivity contribution is 0.0542. The highest BCUT2D eigenvalue weighted by Crippen LogP contribution is 2.44. The Morgan fingerprint density at radius 1 is 1.07 bits per heavy atom. The lowest BCUT2D eigenvalue weighted by Crippen LogP contribution is -2.36. The number of piperidine rings is 1. The maximum absolute atomic E-state index is 13.1. The number of fused-ring (bicyclic) bond motifs is 1. The minimum atomic E-state index is -0.601. The van der Waals surface area contributed by atoms with Crippen molar-refractivity contribution < 1.29 is 23.8 Å². The van der Waals surface area contributed by atoms with Crippen LogP contribution in [0.15, 0.2) is 58.5 Å². The van der Waals surface area contributed by atoms with Gasteiger partial charge < -0.3 is 14.2 Å². The summed E-state index contributed by atoms with van der Waals surface area (Å²) >= 11 is 5.43. The number of halogens is 1. The second-order valence-electron chi connectivity index (χ2n) is 11.8. The number of benzene rings is 2. The Kier molecular flexibility index (Phi) is 8.83. The van der Waals surface area contributed by atoms with E-state index in [1.54, 1.807) is 29.2 Å². The molecule has 42 heavy (non-hydrogen) atoms. The van der Waals surface area contributed by atoms with Gasteiger partial charge in [0.15, 0.2) is 0 Å². The molecule has 9 heteroatoms. The fourth-order valence-electron chi connectivity index (χ4n) is 5.89. The summed E-state index contributed by atoms with van der Waals surface area (Å²) < 4.78 is 19.3. The van der Waals surface area contributed by atoms with Crippen molar-refractivity contribution in [3.05, 3.63) is 85.6 Å². The molecule has 2 aromatic heterocycles. The fraction of sp³-hybridized carbons (Fsp3) is 0.394. The van der Waals surface area contributed by atoms with Gasteiger partial charge in [-0.05, 0) is 116 Å². The van der Waals surface area contributed by atoms with Crippen molar-refractivity contribution in [3.63, 3.8) is 0 Å². The van der Waals surface area contributed by atoms with E-state index in [1.807, 2.05) is 64.1 Å². The average molecular weight is 654 g/mol. The first-order valence-electron chi connectivity index (χ1n) is 14.1. The van der Waals surface area contributed by atoms with Gasteiger partial charge >= 0.3 is 12.1 Å². The summed E-state index contributed by atoms with van der Waals surface area (Å²) in [4.78, 5) is 29.1. The lowest BCUT2D eigenvalue weighted by Gasteiger charge is -2.40. The van der Waals surface area contributed by atoms with Crippen LogP contribution in [0.2, 0.25) is 0 Å². The molecular weight excluding hydrogens is 616 g/mol. The Morgan fingerprint density at radius 2 is 1.81 bits per heavy atom. The van der Waals surface area contributed by atoms with E-state index in [0.717, 1.165) is 56.5 Å². The van der Waals surface area contributed by atoms with Gasteiger partial charge in [-0.3, -0.25) is 9.47 Å². The van der Waals surface area contributed by atoms with E-state index in [0.29, 0.717) is 18.0 Å². The van der Waals surface area contributed by atoms with E-state index in [-0.39, 0.29) is 12.0 Å². The van der Waals surface area contributed by atoms with Gasteiger partial charge in [-0.2, -0.15) is 0 Å². The number of methoxy groups -OCH3 is 2. The van der Waals surface area contributed by atoms with Gasteiger partial charge in [0, 0.05) is 34.6 Å². The Bertz CT molecular complexity index is 1600. The number of hydrogen-bond donors (Lipinski definition) is 0. The molecule has 1 saturated heterocycles. The van der Waals surface area contributed by atoms with E-state index < -0.39 is 11.7 Å². The summed E-state index contributed by atoms with van der Waals surface area (Å²) in [5, 5.41) is 0.974. The molecule has 1 aliphatic rings. The lowest BCUT2D eigenvalue weighted by atomic mass is 9.85. The molecule has 1 fully saturated rings. The van der Waals surface area contributed by atoms with Gasteiger partial charge in [0.1, 0.15) is 11.4 Å². The predicted octanol–water partition coefficient (Wildman–Crippen LogP) is 8.47. The van der Waals surface area contributed by atoms with Crippen molar-refractivity contribution in [2.45, 2.75) is 64.6 Å². The van der Waals surface area contributed by atoms with Crippen LogP contribution in [-0.4, -0.2) is 47.9 Å². The summed E-state index contributed by atoms with van der Waals surface area (Å²) in [5.41, 5.74) is 3.89. The summed E-state index contributed by atoms with van der Waals surface area (Å²) in [5.74, 6) is 0.881. The van der Waals surface area contributed by atoms with Gasteiger partial charge in [0.2, 0.25) is 0 Å². The molecule has 0 spiro atoms. The molecular formula is C33H37BrN2O5S. The zero-order valence-corrected chi connectivity index (χ0v) is 27.3. The number of likely N-dealkylation sites (tertiary alicyclic amines) is 1. The van der Waals surface area contributed by atoms with E-state index >= 15 is 0 Å². The number of esters is 1. The highest BCUT2D eigenvalue weighted by atomic mass is 79.9. The van der Waals surface area contributed by atoms with Crippen LogP contribution in [0.25, 0.3) is 10.9 Å². The topological polar surface area (TPSA) is 70.0 Å². The SMILES string of the molecule is COC(=O)c1ccc([C@@H]2CC(c3ccc(Br)s3)CCN2Cc2c(OC)cc(C)c3c2ccn3C(=O)OC(C)(C)C)cc1. The molecule has 2 atom stereocenters. The quantitative estimate of drug-likeness (QED) is 0.195. The number of thiophene rings is 1. The van der Waals surface area contributed by atoms with E-state index in [4.69, 9.17) is 14.2 Å². The molecule has 0 N–H and O–H groups in total. The Balaban J connectivity index is 1.53. The molecule has 0 saturated carbocycles. The summed E-state index contributed by atoms with van der Waals surface area (Å²) in [6.07, 6.45) is 3.36. The molecule has 222 valence electrons. The maximum atomic E-state index is 13.1. The number of aryl methyl sites for hydroxylation is 1. The van der Waals surface area contributed by atoms with Crippen molar-refractivity contribution >= 4 is 50.2 Å². The molecule has 0 radical (unpaired) electrons. The smallest absolute Gasteiger partial charge is 0.419 e. The zero-order valence-electron chi connectivity index (χ0n) is 24.9. The van der Waals surface area contributed by atoms with Crippen molar-refractivity contribution in [2.24, 2.45) is 0 Å². The van der Waals surface area contributed by atoms with Crippen molar-refractivity contribution in [2.75, 3.05) is 20.8 Å². The third kappa shape index (κ3) is 6.28. The number of rotatable bonds is 6. The number of ether oxygens (including phenoxy) is 3. The monoisotopic (exact) mass is 652 g/mol. The minimum Gasteiger partial charge on any atom is -0.496 e. The van der Waals surface area contributed by atoms with E-state index in [2.05, 4.69) is 33.0 Å². The second-order valence-corrected chi connectivity index (χ2v) is 14.3. The molecule has 7 nitrogen and oxygen atoms in total. The number of nitrogens with zero attached hydrogens (tertiary/aromatic N) is 2. The molecule has 1 aliphatic heterocycles. The second kappa shape index (κ2) is 12.2. The van der Waals surface area contributed by atoms with Crippen LogP contribution in [0.1, 0.15) is 77.5 Å². The molecule has 0 bridgehead atoms. The minimum absolute atomic E-state index is 0.116. The first-order chi connectivity index (χ1) is 20.0. The zero-order chi connectivity index (χ0) is 30.2. The molecule has 3 heterocycles. The molecule has 1 unspecified atom stereocenters. The highest BCUT2D eigenvalue weighted by Gasteiger charge is 2.33. The third-order valence-electron chi connectivity index (χ3n) is 7.83. The normalized spacial score (nSPS) is 17.8. The third-order valence-corrected chi connectivity index (χ3v) is 9.61. The fourth-order valence-corrected chi connectivity index (χ4v) is 7.46. The highest BCUT2D eigenvalue weighted by molar-refractivity contribution is 9.11. The predicted molar refractivity (Wildman–Crippen MR) is 170 cm³/mol. The first kappa shape index (κ1) is 30.3. The molecule has 0 aliphatic carbocycles. The van der Waals surface area contributed by atoms with Crippen LogP contribution in [0.4, 0.5) is 4.79 Å². The summed E-state index contributed by atoms with van der Waals surface area (Å²) in [7, 11) is 3.09. The van der Waals surface area contributed by atoms with Crippen molar-refractivity contribution in [3.8, 4) is 5.75 Å². The Labute approximate surface area is 259 Å². The van der Waals surface area contributed by atoms with Crippen LogP contribution < -0.4 is 4.74 Å². The molecule has 4 aromatic rings. The van der Waals surface area contributed by atoms with Crippen LogP contribution in [0.3, 0.4) is 0 Å². The summed E-state index contributed by atoms with van der Waals surface area (Å²) in [6, 6.07) is 16.2. The van der Waals surface area contributed by atoms with Gasteiger partial charge in [0.05, 0.1) is 29.1 Å². The number of aromatic nitrogens is 1. The molecule has 2 aromatic carbocycles. The van der Waals surface area contributed by atoms with Crippen molar-refractivity contribution in [1.29, 1.82) is 0 Å². The Hall–Kier alpha value is -3.14. The maximum Gasteiger partial charge on any atom is 0.419 e. The molecule has 0 amide bonds. The van der Waals surface area contributed by atoms with Gasteiger partial charge in [0.25, 0.3) is 0 Å². The standard InChI is InChI=1S/C33H37BrN2O5S/c1-20-17-27(39-5)25(24-14-16-36(30(20)24)32(38)41-33(2,3)4)19-35-15-13-23(28-11-12-29(34)42-28)18-26(35)21-7-9-22(10-8-21)31(37)40-6/h7-12,14,16-17,23,26H,13,15,18-19H2,1-6H3/t23?,26-/m0/s1. The van der Waals surface area contributed by atoms with Gasteiger partial charge in [-0.1, -0.05) is 12.1 Å². The molecule has 5 rings (SSSR count). The number of carbonyl (C=O) groups is 2. The van der Waals surface area contributed by atoms with Gasteiger partial charge in [-0.15, -0.1) is 11.3 Å². The average Bonchev–Trinajstić information content (AvgIpc) is 3.60. The van der Waals surface area contributed by atoms with E-state index in [9.17, 15) is 9.59 Å². The van der Waals surface area contributed by atoms with Crippen LogP contribution in [-0.2, 0) is 16.0 Å². The number of hydrogen-bond acceptors (Lipinski definition) is 7. The summed E-state index contributed by atoms with van der Waals surface area (Å²) in [6.45, 7) is 9.13.